The molecule has 16 nitrogen and oxygen atoms in total. The van der Waals surface area contributed by atoms with E-state index in [1.54, 1.807) is 24.3 Å². The molecule has 1 aliphatic heterocycles. The van der Waals surface area contributed by atoms with Gasteiger partial charge in [0.05, 0.1) is 56.1 Å². The standard InChI is InChI=1S/C26H21FN8O8/c27-21-7-5-16(14-22-18-3-1-2-4-19(18)25(36)29-28-22)13-20(21)26(37)31-9-11-32(12-10-31)35(42)30-43-24-8-6-17(33(38)39)15-23(24)34(40)41/h1-8,13,15H,9-12,14H2,(H-,29,30,36,42)/p+1. The van der Waals surface area contributed by atoms with E-state index in [-0.39, 0.29) is 48.7 Å². The molecule has 4 aromatic rings. The smallest absolute Gasteiger partial charge is 0.321 e. The maximum Gasteiger partial charge on any atom is 0.321 e. The number of halogens is 1. The van der Waals surface area contributed by atoms with Crippen LogP contribution in [0.1, 0.15) is 21.6 Å². The summed E-state index contributed by atoms with van der Waals surface area (Å²) in [5.74, 6) is -1.73. The van der Waals surface area contributed by atoms with Crippen LogP contribution < -0.4 is 16.0 Å². The highest BCUT2D eigenvalue weighted by Crippen LogP contribution is 2.30. The number of nitro benzene ring substituents is 2. The molecule has 220 valence electrons. The number of nitroso groups, excluding NO2 is 1. The number of carbonyl (C=O) groups is 1. The molecule has 2 N–H and O–H groups in total. The van der Waals surface area contributed by atoms with Gasteiger partial charge in [-0.1, -0.05) is 24.3 Å². The summed E-state index contributed by atoms with van der Waals surface area (Å²) in [4.78, 5) is 64.8. The van der Waals surface area contributed by atoms with E-state index >= 15 is 0 Å². The lowest BCUT2D eigenvalue weighted by atomic mass is 10.0. The fourth-order valence-electron chi connectivity index (χ4n) is 4.59. The van der Waals surface area contributed by atoms with E-state index in [1.807, 2.05) is 5.59 Å². The molecule has 43 heavy (non-hydrogen) atoms. The highest BCUT2D eigenvalue weighted by atomic mass is 19.1. The molecule has 0 spiro atoms. The number of nitro groups is 2. The first-order chi connectivity index (χ1) is 20.6. The minimum Gasteiger partial charge on any atom is -0.335 e. The summed E-state index contributed by atoms with van der Waals surface area (Å²) in [6, 6.07) is 13.7. The lowest BCUT2D eigenvalue weighted by molar-refractivity contribution is -0.782. The van der Waals surface area contributed by atoms with Crippen molar-refractivity contribution in [1.29, 1.82) is 0 Å². The Labute approximate surface area is 240 Å². The Kier molecular flexibility index (Phi) is 7.86. The summed E-state index contributed by atoms with van der Waals surface area (Å²) in [6.45, 7) is 0.130. The van der Waals surface area contributed by atoms with Crippen LogP contribution in [0.3, 0.4) is 0 Å². The molecule has 2 heterocycles. The molecule has 0 aliphatic carbocycles. The van der Waals surface area contributed by atoms with E-state index in [4.69, 9.17) is 4.84 Å². The molecule has 17 heteroatoms. The minimum absolute atomic E-state index is 0.0164. The lowest BCUT2D eigenvalue weighted by Gasteiger charge is -2.29. The SMILES string of the molecule is O=C(c1cc(Cc2n[nH]c(=O)c3ccccc23)ccc1F)N1CCN([N+](=O)NOc2ccc([N+](=O)[O-])cc2[N+](=O)[O-])CC1. The van der Waals surface area contributed by atoms with Gasteiger partial charge in [0.15, 0.2) is 0 Å². The van der Waals surface area contributed by atoms with E-state index in [1.165, 1.54) is 28.1 Å². The zero-order valence-corrected chi connectivity index (χ0v) is 22.1. The number of amides is 1. The van der Waals surface area contributed by atoms with Crippen LogP contribution in [0.4, 0.5) is 15.8 Å². The van der Waals surface area contributed by atoms with Gasteiger partial charge in [0, 0.05) is 31.0 Å². The first-order valence-corrected chi connectivity index (χ1v) is 12.7. The number of nitrogens with zero attached hydrogens (tertiary/aromatic N) is 6. The Morgan fingerprint density at radius 1 is 0.977 bits per heavy atom. The topological polar surface area (TPSA) is 197 Å². The van der Waals surface area contributed by atoms with Crippen LogP contribution >= 0.6 is 0 Å². The number of non-ortho nitro benzene ring substituents is 1. The zero-order chi connectivity index (χ0) is 30.7. The number of fused-ring (bicyclic) bond motifs is 1. The van der Waals surface area contributed by atoms with E-state index < -0.39 is 38.7 Å². The third kappa shape index (κ3) is 6.04. The summed E-state index contributed by atoms with van der Waals surface area (Å²) >= 11 is 0. The summed E-state index contributed by atoms with van der Waals surface area (Å²) in [5, 5.41) is 31.0. The summed E-state index contributed by atoms with van der Waals surface area (Å²) < 4.78 is 14.8. The van der Waals surface area contributed by atoms with Crippen LogP contribution in [0.15, 0.2) is 65.5 Å². The lowest BCUT2D eigenvalue weighted by Crippen LogP contribution is -2.54. The Balaban J connectivity index is 1.21. The Hall–Kier alpha value is -6.00. The molecular weight excluding hydrogens is 571 g/mol. The summed E-state index contributed by atoms with van der Waals surface area (Å²) in [7, 11) is 0. The molecule has 1 aromatic heterocycles. The van der Waals surface area contributed by atoms with Crippen molar-refractivity contribution in [2.75, 3.05) is 26.2 Å². The number of hydrogen-bond acceptors (Lipinski definition) is 9. The van der Waals surface area contributed by atoms with E-state index in [0.717, 1.165) is 12.1 Å². The van der Waals surface area contributed by atoms with Gasteiger partial charge in [0.2, 0.25) is 5.75 Å². The number of benzene rings is 3. The Morgan fingerprint density at radius 3 is 2.40 bits per heavy atom. The number of aromatic amines is 1. The average molecular weight is 594 g/mol. The number of nitrogens with one attached hydrogen (secondary N) is 2. The second-order valence-electron chi connectivity index (χ2n) is 9.41. The van der Waals surface area contributed by atoms with Gasteiger partial charge < -0.3 is 9.74 Å². The van der Waals surface area contributed by atoms with Crippen molar-refractivity contribution in [3.8, 4) is 5.75 Å². The Bertz CT molecular complexity index is 1820. The van der Waals surface area contributed by atoms with Gasteiger partial charge in [0.1, 0.15) is 5.82 Å². The molecule has 0 bridgehead atoms. The maximum absolute atomic E-state index is 14.8. The molecule has 1 fully saturated rings. The number of rotatable bonds is 9. The molecular formula is C26H22FN8O8+. The van der Waals surface area contributed by atoms with Crippen LogP contribution in [-0.2, 0) is 6.42 Å². The molecule has 1 amide bonds. The third-order valence-corrected chi connectivity index (χ3v) is 6.79. The number of carbonyl (C=O) groups excluding carboxylic acids is 1. The molecule has 3 aromatic carbocycles. The molecule has 1 saturated heterocycles. The van der Waals surface area contributed by atoms with Crippen molar-refractivity contribution in [1.82, 2.24) is 25.7 Å². The Morgan fingerprint density at radius 2 is 1.70 bits per heavy atom. The second kappa shape index (κ2) is 11.9. The van der Waals surface area contributed by atoms with Crippen LogP contribution in [0.2, 0.25) is 0 Å². The molecule has 5 rings (SSSR count). The van der Waals surface area contributed by atoms with Gasteiger partial charge >= 0.3 is 5.69 Å². The van der Waals surface area contributed by atoms with Crippen molar-refractivity contribution in [3.05, 3.63) is 119 Å². The maximum atomic E-state index is 14.8. The van der Waals surface area contributed by atoms with Crippen LogP contribution in [0.5, 0.6) is 5.75 Å². The minimum atomic E-state index is -0.892. The zero-order valence-electron chi connectivity index (χ0n) is 22.1. The van der Waals surface area contributed by atoms with Crippen molar-refractivity contribution < 1.29 is 28.8 Å². The fourth-order valence-corrected chi connectivity index (χ4v) is 4.59. The predicted octanol–water partition coefficient (Wildman–Crippen LogP) is 2.42. The monoisotopic (exact) mass is 593 g/mol. The van der Waals surface area contributed by atoms with Gasteiger partial charge in [-0.3, -0.25) is 29.8 Å². The van der Waals surface area contributed by atoms with Crippen LogP contribution in [0, 0.1) is 31.0 Å². The highest BCUT2D eigenvalue weighted by molar-refractivity contribution is 5.95. The van der Waals surface area contributed by atoms with Gasteiger partial charge in [-0.25, -0.2) is 9.49 Å². The fraction of sp³-hybridized carbons (Fsp3) is 0.192. The molecule has 0 saturated carbocycles. The number of piperazine rings is 1. The summed E-state index contributed by atoms with van der Waals surface area (Å²) in [6.07, 6.45) is 0.232. The van der Waals surface area contributed by atoms with E-state index in [0.29, 0.717) is 28.1 Å². The molecule has 0 atom stereocenters. The van der Waals surface area contributed by atoms with Crippen LogP contribution in [-0.4, -0.2) is 67.0 Å². The number of aromatic nitrogens is 2. The van der Waals surface area contributed by atoms with Gasteiger partial charge in [0.25, 0.3) is 22.1 Å². The molecule has 1 aliphatic rings. The largest absolute Gasteiger partial charge is 0.335 e. The van der Waals surface area contributed by atoms with Crippen molar-refractivity contribution in [2.45, 2.75) is 6.42 Å². The van der Waals surface area contributed by atoms with Gasteiger partial charge in [-0.15, -0.1) is 5.01 Å². The predicted molar refractivity (Wildman–Crippen MR) is 146 cm³/mol. The summed E-state index contributed by atoms with van der Waals surface area (Å²) in [5.41, 5.74) is 1.39. The number of H-pyrrole nitrogens is 1. The quantitative estimate of drug-likeness (QED) is 0.164. The highest BCUT2D eigenvalue weighted by Gasteiger charge is 2.32. The van der Waals surface area contributed by atoms with Crippen LogP contribution in [0.25, 0.3) is 10.8 Å². The van der Waals surface area contributed by atoms with Crippen molar-refractivity contribution in [2.24, 2.45) is 0 Å². The van der Waals surface area contributed by atoms with Crippen molar-refractivity contribution in [3.63, 3.8) is 0 Å². The number of hydrogen-bond donors (Lipinski definition) is 2. The number of hydrazine groups is 2. The molecule has 0 unspecified atom stereocenters. The first kappa shape index (κ1) is 28.5. The molecule has 0 radical (unpaired) electrons. The van der Waals surface area contributed by atoms with E-state index in [9.17, 15) is 39.1 Å². The van der Waals surface area contributed by atoms with Gasteiger partial charge in [-0.05, 0) is 29.8 Å². The second-order valence-corrected chi connectivity index (χ2v) is 9.41. The van der Waals surface area contributed by atoms with E-state index in [2.05, 4.69) is 10.2 Å². The first-order valence-electron chi connectivity index (χ1n) is 12.7. The third-order valence-electron chi connectivity index (χ3n) is 6.79. The van der Waals surface area contributed by atoms with Gasteiger partial charge in [-0.2, -0.15) is 5.10 Å². The normalized spacial score (nSPS) is 13.0. The average Bonchev–Trinajstić information content (AvgIpc) is 3.01. The van der Waals surface area contributed by atoms with Crippen molar-refractivity contribution >= 4 is 28.1 Å².